The fraction of sp³-hybridized carbons (Fsp3) is 0.480. The summed E-state index contributed by atoms with van der Waals surface area (Å²) < 4.78 is 0.905. The number of carbonyl (C=O) groups excluding carboxylic acids is 1. The van der Waals surface area contributed by atoms with Gasteiger partial charge in [0.2, 0.25) is 0 Å². The topological polar surface area (TPSA) is 17.1 Å². The molecule has 3 rings (SSSR count). The van der Waals surface area contributed by atoms with E-state index >= 15 is 0 Å². The molecular formula is C25H33ClNO+. The van der Waals surface area contributed by atoms with Crippen LogP contribution in [-0.4, -0.2) is 29.4 Å². The average Bonchev–Trinajstić information content (AvgIpc) is 2.68. The Labute approximate surface area is 175 Å². The van der Waals surface area contributed by atoms with Crippen LogP contribution in [0.25, 0.3) is 0 Å². The highest BCUT2D eigenvalue weighted by Crippen LogP contribution is 2.30. The molecular weight excluding hydrogens is 366 g/mol. The standard InChI is InChI=1S/C25H33ClNO/c1-4-24(25(28)17-23-19(2)9-8-10-20(23)3)27(15-6-5-7-16-27)18-21-11-13-22(26)14-12-21/h8-14,24H,4-7,15-18H2,1-3H3/q+1. The van der Waals surface area contributed by atoms with E-state index in [9.17, 15) is 4.79 Å². The van der Waals surface area contributed by atoms with Crippen LogP contribution in [0.15, 0.2) is 42.5 Å². The highest BCUT2D eigenvalue weighted by molar-refractivity contribution is 6.30. The number of carbonyl (C=O) groups is 1. The highest BCUT2D eigenvalue weighted by atomic mass is 35.5. The lowest BCUT2D eigenvalue weighted by atomic mass is 9.91. The summed E-state index contributed by atoms with van der Waals surface area (Å²) in [5.74, 6) is 0.399. The molecule has 0 bridgehead atoms. The third kappa shape index (κ3) is 4.67. The van der Waals surface area contributed by atoms with Crippen LogP contribution in [0.4, 0.5) is 0 Å². The van der Waals surface area contributed by atoms with Gasteiger partial charge in [0.1, 0.15) is 12.6 Å². The molecule has 0 aromatic heterocycles. The SMILES string of the molecule is CCC(C(=O)Cc1c(C)cccc1C)[N+]1(Cc2ccc(Cl)cc2)CCCCC1. The number of rotatable bonds is 7. The molecule has 1 fully saturated rings. The number of halogens is 1. The number of Topliss-reactive ketones (excluding diaryl/α,β-unsaturated/α-hetero) is 1. The number of quaternary nitrogens is 1. The van der Waals surface area contributed by atoms with E-state index < -0.39 is 0 Å². The first-order chi connectivity index (χ1) is 13.4. The molecule has 2 nitrogen and oxygen atoms in total. The normalized spacial score (nSPS) is 17.3. The Bertz CT molecular complexity index is 786. The van der Waals surface area contributed by atoms with Crippen molar-refractivity contribution in [3.8, 4) is 0 Å². The van der Waals surface area contributed by atoms with Crippen LogP contribution in [0.3, 0.4) is 0 Å². The number of aryl methyl sites for hydroxylation is 2. The van der Waals surface area contributed by atoms with Gasteiger partial charge in [0.05, 0.1) is 13.1 Å². The van der Waals surface area contributed by atoms with Crippen molar-refractivity contribution in [2.24, 2.45) is 0 Å². The van der Waals surface area contributed by atoms with Crippen molar-refractivity contribution in [1.82, 2.24) is 0 Å². The fourth-order valence-electron chi connectivity index (χ4n) is 5.02. The highest BCUT2D eigenvalue weighted by Gasteiger charge is 2.41. The van der Waals surface area contributed by atoms with Crippen LogP contribution in [0, 0.1) is 13.8 Å². The van der Waals surface area contributed by atoms with Crippen molar-refractivity contribution in [3.05, 3.63) is 69.7 Å². The van der Waals surface area contributed by atoms with Crippen molar-refractivity contribution in [2.75, 3.05) is 13.1 Å². The fourth-order valence-corrected chi connectivity index (χ4v) is 5.14. The van der Waals surface area contributed by atoms with Gasteiger partial charge in [-0.15, -0.1) is 0 Å². The minimum Gasteiger partial charge on any atom is -0.311 e. The first kappa shape index (κ1) is 21.1. The van der Waals surface area contributed by atoms with E-state index in [-0.39, 0.29) is 6.04 Å². The summed E-state index contributed by atoms with van der Waals surface area (Å²) >= 11 is 6.09. The quantitative estimate of drug-likeness (QED) is 0.519. The largest absolute Gasteiger partial charge is 0.311 e. The van der Waals surface area contributed by atoms with Crippen LogP contribution >= 0.6 is 11.6 Å². The Hall–Kier alpha value is -1.64. The van der Waals surface area contributed by atoms with E-state index in [0.717, 1.165) is 35.6 Å². The van der Waals surface area contributed by atoms with Crippen LogP contribution in [0.2, 0.25) is 5.02 Å². The average molecular weight is 399 g/mol. The minimum atomic E-state index is 0.0648. The Balaban J connectivity index is 1.88. The molecule has 150 valence electrons. The van der Waals surface area contributed by atoms with E-state index in [0.29, 0.717) is 12.2 Å². The number of ketones is 1. The van der Waals surface area contributed by atoms with Gasteiger partial charge in [0.15, 0.2) is 5.78 Å². The summed E-state index contributed by atoms with van der Waals surface area (Å²) in [4.78, 5) is 13.6. The summed E-state index contributed by atoms with van der Waals surface area (Å²) in [5.41, 5.74) is 4.95. The summed E-state index contributed by atoms with van der Waals surface area (Å²) in [6.07, 6.45) is 5.15. The summed E-state index contributed by atoms with van der Waals surface area (Å²) in [6.45, 7) is 9.54. The molecule has 1 atom stereocenters. The zero-order valence-corrected chi connectivity index (χ0v) is 18.3. The Kier molecular flexibility index (Phi) is 6.95. The van der Waals surface area contributed by atoms with Gasteiger partial charge in [-0.25, -0.2) is 0 Å². The van der Waals surface area contributed by atoms with Crippen molar-refractivity contribution >= 4 is 17.4 Å². The predicted octanol–water partition coefficient (Wildman–Crippen LogP) is 6.05. The minimum absolute atomic E-state index is 0.0648. The van der Waals surface area contributed by atoms with E-state index in [1.165, 1.54) is 41.5 Å². The maximum absolute atomic E-state index is 13.6. The van der Waals surface area contributed by atoms with E-state index in [2.05, 4.69) is 51.1 Å². The third-order valence-electron chi connectivity index (χ3n) is 6.53. The van der Waals surface area contributed by atoms with Crippen molar-refractivity contribution in [1.29, 1.82) is 0 Å². The molecule has 0 amide bonds. The summed E-state index contributed by atoms with van der Waals surface area (Å²) in [6, 6.07) is 14.6. The van der Waals surface area contributed by atoms with Gasteiger partial charge in [0.25, 0.3) is 0 Å². The third-order valence-corrected chi connectivity index (χ3v) is 6.78. The molecule has 2 aromatic carbocycles. The number of likely N-dealkylation sites (tertiary alicyclic amines) is 1. The molecule has 0 N–H and O–H groups in total. The Morgan fingerprint density at radius 3 is 2.18 bits per heavy atom. The number of nitrogens with zero attached hydrogens (tertiary/aromatic N) is 1. The van der Waals surface area contributed by atoms with Gasteiger partial charge in [-0.2, -0.15) is 0 Å². The number of piperidine rings is 1. The lowest BCUT2D eigenvalue weighted by molar-refractivity contribution is -0.959. The summed E-state index contributed by atoms with van der Waals surface area (Å²) in [7, 11) is 0. The van der Waals surface area contributed by atoms with Crippen LogP contribution in [0.1, 0.15) is 54.9 Å². The molecule has 0 spiro atoms. The van der Waals surface area contributed by atoms with Gasteiger partial charge in [-0.05, 0) is 61.9 Å². The molecule has 0 radical (unpaired) electrons. The first-order valence-electron chi connectivity index (χ1n) is 10.6. The number of hydrogen-bond acceptors (Lipinski definition) is 1. The molecule has 0 saturated carbocycles. The van der Waals surface area contributed by atoms with Gasteiger partial charge in [-0.1, -0.05) is 48.9 Å². The number of benzene rings is 2. The zero-order chi connectivity index (χ0) is 20.1. The Morgan fingerprint density at radius 2 is 1.61 bits per heavy atom. The predicted molar refractivity (Wildman–Crippen MR) is 118 cm³/mol. The maximum atomic E-state index is 13.6. The molecule has 1 unspecified atom stereocenters. The lowest BCUT2D eigenvalue weighted by Gasteiger charge is -2.46. The second-order valence-electron chi connectivity index (χ2n) is 8.45. The van der Waals surface area contributed by atoms with E-state index in [1.807, 2.05) is 12.1 Å². The van der Waals surface area contributed by atoms with Crippen molar-refractivity contribution in [3.63, 3.8) is 0 Å². The molecule has 2 aromatic rings. The first-order valence-corrected chi connectivity index (χ1v) is 11.0. The van der Waals surface area contributed by atoms with Crippen LogP contribution in [0.5, 0.6) is 0 Å². The second-order valence-corrected chi connectivity index (χ2v) is 8.88. The molecule has 1 aliphatic rings. The molecule has 1 aliphatic heterocycles. The molecule has 1 saturated heterocycles. The van der Waals surface area contributed by atoms with Gasteiger partial charge in [0, 0.05) is 23.4 Å². The van der Waals surface area contributed by atoms with Gasteiger partial charge >= 0.3 is 0 Å². The zero-order valence-electron chi connectivity index (χ0n) is 17.5. The smallest absolute Gasteiger partial charge is 0.194 e. The number of hydrogen-bond donors (Lipinski definition) is 0. The van der Waals surface area contributed by atoms with E-state index in [1.54, 1.807) is 0 Å². The molecule has 0 aliphatic carbocycles. The maximum Gasteiger partial charge on any atom is 0.194 e. The van der Waals surface area contributed by atoms with Gasteiger partial charge < -0.3 is 4.48 Å². The van der Waals surface area contributed by atoms with Crippen molar-refractivity contribution in [2.45, 2.75) is 65.5 Å². The lowest BCUT2D eigenvalue weighted by Crippen LogP contribution is -2.60. The second kappa shape index (κ2) is 9.24. The van der Waals surface area contributed by atoms with E-state index in [4.69, 9.17) is 11.6 Å². The summed E-state index contributed by atoms with van der Waals surface area (Å²) in [5, 5.41) is 0.770. The molecule has 3 heteroatoms. The van der Waals surface area contributed by atoms with Crippen LogP contribution in [-0.2, 0) is 17.8 Å². The van der Waals surface area contributed by atoms with Crippen molar-refractivity contribution < 1.29 is 9.28 Å². The Morgan fingerprint density at radius 1 is 1.00 bits per heavy atom. The monoisotopic (exact) mass is 398 g/mol. The van der Waals surface area contributed by atoms with Gasteiger partial charge in [-0.3, -0.25) is 4.79 Å². The molecule has 28 heavy (non-hydrogen) atoms. The molecule has 1 heterocycles. The van der Waals surface area contributed by atoms with Crippen LogP contribution < -0.4 is 0 Å².